The Kier molecular flexibility index (Phi) is 5.90. The molecule has 0 amide bonds. The van der Waals surface area contributed by atoms with Gasteiger partial charge < -0.3 is 0 Å². The van der Waals surface area contributed by atoms with Gasteiger partial charge in [0.2, 0.25) is 0 Å². The van der Waals surface area contributed by atoms with E-state index in [2.05, 4.69) is 19.4 Å². The van der Waals surface area contributed by atoms with E-state index in [1.165, 1.54) is 18.2 Å². The molecule has 0 saturated carbocycles. The Bertz CT molecular complexity index is 1330. The molecule has 0 bridgehead atoms. The van der Waals surface area contributed by atoms with Crippen LogP contribution in [0.3, 0.4) is 0 Å². The summed E-state index contributed by atoms with van der Waals surface area (Å²) >= 11 is 1.08. The summed E-state index contributed by atoms with van der Waals surface area (Å²) in [7, 11) is -7.73. The molecule has 4 rings (SSSR count). The van der Waals surface area contributed by atoms with Gasteiger partial charge in [0, 0.05) is 18.0 Å². The molecule has 1 aliphatic carbocycles. The van der Waals surface area contributed by atoms with Crippen LogP contribution in [0.5, 0.6) is 0 Å². The van der Waals surface area contributed by atoms with Gasteiger partial charge in [-0.25, -0.2) is 26.8 Å². The van der Waals surface area contributed by atoms with E-state index in [1.807, 2.05) is 0 Å². The van der Waals surface area contributed by atoms with E-state index >= 15 is 0 Å². The molecule has 0 unspecified atom stereocenters. The van der Waals surface area contributed by atoms with Crippen LogP contribution in [0.4, 0.5) is 0 Å². The molecule has 11 heteroatoms. The van der Waals surface area contributed by atoms with Crippen molar-refractivity contribution in [2.24, 2.45) is 0 Å². The molecule has 0 saturated heterocycles. The van der Waals surface area contributed by atoms with Gasteiger partial charge in [-0.3, -0.25) is 9.44 Å². The van der Waals surface area contributed by atoms with Crippen LogP contribution in [0.2, 0.25) is 0 Å². The maximum absolute atomic E-state index is 12.9. The topological polar surface area (TPSA) is 118 Å². The van der Waals surface area contributed by atoms with E-state index in [0.717, 1.165) is 11.3 Å². The average Bonchev–Trinajstić information content (AvgIpc) is 3.32. The molecule has 0 fully saturated rings. The maximum Gasteiger partial charge on any atom is 0.271 e. The molecular weight excluding hydrogens is 456 g/mol. The van der Waals surface area contributed by atoms with Crippen LogP contribution in [0, 0.1) is 0 Å². The average molecular weight is 475 g/mol. The zero-order chi connectivity index (χ0) is 21.9. The molecule has 2 N–H and O–H groups in total. The van der Waals surface area contributed by atoms with E-state index in [4.69, 9.17) is 0 Å². The highest BCUT2D eigenvalue weighted by atomic mass is 32.2. The Morgan fingerprint density at radius 2 is 1.39 bits per heavy atom. The molecule has 160 valence electrons. The predicted molar refractivity (Wildman–Crippen MR) is 118 cm³/mol. The van der Waals surface area contributed by atoms with E-state index in [0.29, 0.717) is 24.2 Å². The van der Waals surface area contributed by atoms with Crippen molar-refractivity contribution in [3.8, 4) is 11.4 Å². The van der Waals surface area contributed by atoms with Crippen molar-refractivity contribution in [1.29, 1.82) is 0 Å². The first-order valence-corrected chi connectivity index (χ1v) is 13.1. The van der Waals surface area contributed by atoms with Crippen molar-refractivity contribution in [3.05, 3.63) is 83.8 Å². The van der Waals surface area contributed by atoms with Gasteiger partial charge in [0.05, 0.1) is 16.3 Å². The fraction of sp³-hybridized carbons (Fsp3) is 0.100. The minimum absolute atomic E-state index is 0.0409. The largest absolute Gasteiger partial charge is 0.278 e. The Labute approximate surface area is 184 Å². The Morgan fingerprint density at radius 1 is 0.774 bits per heavy atom. The van der Waals surface area contributed by atoms with Gasteiger partial charge in [-0.2, -0.15) is 0 Å². The molecule has 1 aromatic carbocycles. The van der Waals surface area contributed by atoms with Crippen molar-refractivity contribution < 1.29 is 16.8 Å². The summed E-state index contributed by atoms with van der Waals surface area (Å²) in [4.78, 5) is 8.33. The number of nitrogens with one attached hydrogen (secondary N) is 2. The molecule has 0 aliphatic heterocycles. The Hall–Kier alpha value is -3.02. The fourth-order valence-electron chi connectivity index (χ4n) is 2.92. The highest BCUT2D eigenvalue weighted by Crippen LogP contribution is 2.23. The lowest BCUT2D eigenvalue weighted by Crippen LogP contribution is -2.32. The zero-order valence-electron chi connectivity index (χ0n) is 16.1. The Balaban J connectivity index is 1.54. The zero-order valence-corrected chi connectivity index (χ0v) is 18.5. The van der Waals surface area contributed by atoms with Crippen LogP contribution in [0.1, 0.15) is 12.8 Å². The summed E-state index contributed by atoms with van der Waals surface area (Å²) < 4.78 is 56.1. The fourth-order valence-corrected chi connectivity index (χ4v) is 6.10. The Morgan fingerprint density at radius 3 is 1.97 bits per heavy atom. The minimum Gasteiger partial charge on any atom is -0.278 e. The van der Waals surface area contributed by atoms with Gasteiger partial charge in [-0.15, -0.1) is 11.3 Å². The predicted octanol–water partition coefficient (Wildman–Crippen LogP) is 3.02. The van der Waals surface area contributed by atoms with Gasteiger partial charge in [0.1, 0.15) is 4.21 Å². The number of allylic oxidation sites excluding steroid dienone is 2. The minimum atomic E-state index is -3.93. The van der Waals surface area contributed by atoms with E-state index in [-0.39, 0.29) is 20.5 Å². The second kappa shape index (κ2) is 8.61. The lowest BCUT2D eigenvalue weighted by atomic mass is 10.1. The van der Waals surface area contributed by atoms with Gasteiger partial charge in [-0.05, 0) is 54.6 Å². The highest BCUT2D eigenvalue weighted by molar-refractivity contribution is 7.91. The number of hydrogen-bond donors (Lipinski definition) is 2. The van der Waals surface area contributed by atoms with Crippen molar-refractivity contribution in [1.82, 2.24) is 19.4 Å². The molecule has 1 aliphatic rings. The number of thiophene rings is 1. The van der Waals surface area contributed by atoms with Crippen molar-refractivity contribution >= 4 is 31.4 Å². The first kappa shape index (κ1) is 21.2. The van der Waals surface area contributed by atoms with Gasteiger partial charge in [-0.1, -0.05) is 18.2 Å². The quantitative estimate of drug-likeness (QED) is 0.543. The lowest BCUT2D eigenvalue weighted by molar-refractivity contribution is 0.583. The number of benzene rings is 1. The molecule has 8 nitrogen and oxygen atoms in total. The smallest absolute Gasteiger partial charge is 0.271 e. The normalized spacial score (nSPS) is 14.5. The second-order valence-corrected chi connectivity index (χ2v) is 11.1. The summed E-state index contributed by atoms with van der Waals surface area (Å²) in [5, 5.41) is 1.66. The molecule has 0 spiro atoms. The molecular formula is C20H18N4O4S3. The van der Waals surface area contributed by atoms with Crippen LogP contribution < -0.4 is 9.44 Å². The van der Waals surface area contributed by atoms with Crippen molar-refractivity contribution in [3.63, 3.8) is 0 Å². The first-order valence-electron chi connectivity index (χ1n) is 9.22. The van der Waals surface area contributed by atoms with Crippen LogP contribution in [0.15, 0.2) is 92.9 Å². The standard InChI is InChI=1S/C20H18N4O4S3/c25-30(26,16-10-8-15(9-11-16)20-21-12-4-13-22-20)23-17-5-1-2-6-18(17)24-31(27,28)19-7-3-14-29-19/h3-14,23-24H,1-2H2. The van der Waals surface area contributed by atoms with Crippen LogP contribution >= 0.6 is 11.3 Å². The number of nitrogens with zero attached hydrogens (tertiary/aromatic N) is 2. The SMILES string of the molecule is O=S(=O)(NC1=CCCC=C1NS(=O)(=O)c1cccs1)c1ccc(-c2ncccn2)cc1. The number of aromatic nitrogens is 2. The highest BCUT2D eigenvalue weighted by Gasteiger charge is 2.23. The summed E-state index contributed by atoms with van der Waals surface area (Å²) in [6.45, 7) is 0. The third-order valence-corrected chi connectivity index (χ3v) is 8.54. The number of rotatable bonds is 7. The molecule has 0 atom stereocenters. The van der Waals surface area contributed by atoms with Gasteiger partial charge in [0.25, 0.3) is 20.0 Å². The molecule has 3 aromatic rings. The van der Waals surface area contributed by atoms with E-state index in [1.54, 1.807) is 54.2 Å². The van der Waals surface area contributed by atoms with Crippen LogP contribution in [-0.2, 0) is 20.0 Å². The molecule has 0 radical (unpaired) electrons. The molecule has 2 heterocycles. The van der Waals surface area contributed by atoms with Crippen molar-refractivity contribution in [2.75, 3.05) is 0 Å². The third-order valence-electron chi connectivity index (χ3n) is 4.39. The monoisotopic (exact) mass is 474 g/mol. The van der Waals surface area contributed by atoms with Gasteiger partial charge in [0.15, 0.2) is 5.82 Å². The van der Waals surface area contributed by atoms with Gasteiger partial charge >= 0.3 is 0 Å². The summed E-state index contributed by atoms with van der Waals surface area (Å²) in [5.74, 6) is 0.489. The maximum atomic E-state index is 12.9. The van der Waals surface area contributed by atoms with Crippen LogP contribution in [0.25, 0.3) is 11.4 Å². The van der Waals surface area contributed by atoms with E-state index in [9.17, 15) is 16.8 Å². The summed E-state index contributed by atoms with van der Waals surface area (Å²) in [6, 6.07) is 11.0. The second-order valence-electron chi connectivity index (χ2n) is 6.55. The third kappa shape index (κ3) is 4.84. The molecule has 2 aromatic heterocycles. The van der Waals surface area contributed by atoms with Crippen molar-refractivity contribution in [2.45, 2.75) is 21.9 Å². The van der Waals surface area contributed by atoms with E-state index < -0.39 is 20.0 Å². The first-order chi connectivity index (χ1) is 14.9. The molecule has 31 heavy (non-hydrogen) atoms. The summed E-state index contributed by atoms with van der Waals surface area (Å²) in [5.41, 5.74) is 1.08. The van der Waals surface area contributed by atoms with Crippen LogP contribution in [-0.4, -0.2) is 26.8 Å². The number of hydrogen-bond acceptors (Lipinski definition) is 7. The summed E-state index contributed by atoms with van der Waals surface area (Å²) in [6.07, 6.45) is 7.73. The number of sulfonamides is 2. The lowest BCUT2D eigenvalue weighted by Gasteiger charge is -2.19.